The van der Waals surface area contributed by atoms with E-state index in [-0.39, 0.29) is 0 Å². The van der Waals surface area contributed by atoms with Gasteiger partial charge in [-0.3, -0.25) is 0 Å². The van der Waals surface area contributed by atoms with E-state index in [2.05, 4.69) is 42.3 Å². The summed E-state index contributed by atoms with van der Waals surface area (Å²) in [5.74, 6) is 0. The Labute approximate surface area is 125 Å². The summed E-state index contributed by atoms with van der Waals surface area (Å²) in [6, 6.07) is 1.14. The van der Waals surface area contributed by atoms with Gasteiger partial charge in [0.2, 0.25) is 0 Å². The van der Waals surface area contributed by atoms with E-state index in [0.29, 0.717) is 12.1 Å². The number of rotatable bonds is 3. The van der Waals surface area contributed by atoms with Crippen LogP contribution in [0.15, 0.2) is 11.6 Å². The lowest BCUT2D eigenvalue weighted by molar-refractivity contribution is 0.193. The van der Waals surface area contributed by atoms with Gasteiger partial charge in [-0.05, 0) is 66.3 Å². The van der Waals surface area contributed by atoms with Crippen LogP contribution in [-0.2, 0) is 0 Å². The largest absolute Gasteiger partial charge is 0.312 e. The van der Waals surface area contributed by atoms with Crippen LogP contribution < -0.4 is 5.32 Å². The van der Waals surface area contributed by atoms with Gasteiger partial charge in [-0.25, -0.2) is 0 Å². The molecule has 1 fully saturated rings. The fourth-order valence-electron chi connectivity index (χ4n) is 3.79. The van der Waals surface area contributed by atoms with Crippen LogP contribution in [0.4, 0.5) is 0 Å². The Bertz CT molecular complexity index is 313. The highest BCUT2D eigenvalue weighted by atomic mass is 15.2. The summed E-state index contributed by atoms with van der Waals surface area (Å²) in [5, 5.41) is 3.63. The second kappa shape index (κ2) is 8.16. The molecule has 116 valence electrons. The van der Waals surface area contributed by atoms with E-state index in [9.17, 15) is 0 Å². The van der Waals surface area contributed by atoms with Gasteiger partial charge in [0.25, 0.3) is 0 Å². The van der Waals surface area contributed by atoms with E-state index in [1.807, 2.05) is 0 Å². The molecule has 2 aliphatic rings. The Morgan fingerprint density at radius 3 is 2.70 bits per heavy atom. The zero-order valence-corrected chi connectivity index (χ0v) is 13.7. The second-order valence-electron chi connectivity index (χ2n) is 6.66. The molecule has 1 aliphatic carbocycles. The van der Waals surface area contributed by atoms with Crippen molar-refractivity contribution in [1.29, 1.82) is 0 Å². The molecule has 1 N–H and O–H groups in total. The van der Waals surface area contributed by atoms with Gasteiger partial charge < -0.3 is 15.1 Å². The van der Waals surface area contributed by atoms with Gasteiger partial charge in [0, 0.05) is 18.6 Å². The van der Waals surface area contributed by atoms with Crippen LogP contribution in [0.5, 0.6) is 0 Å². The summed E-state index contributed by atoms with van der Waals surface area (Å²) >= 11 is 0. The molecule has 1 saturated heterocycles. The third kappa shape index (κ3) is 4.31. The van der Waals surface area contributed by atoms with Gasteiger partial charge in [-0.2, -0.15) is 0 Å². The Morgan fingerprint density at radius 2 is 1.90 bits per heavy atom. The Hall–Kier alpha value is -0.380. The van der Waals surface area contributed by atoms with Crippen molar-refractivity contribution in [3.63, 3.8) is 0 Å². The summed E-state index contributed by atoms with van der Waals surface area (Å²) in [5.41, 5.74) is 1.67. The SMILES string of the molecule is CNC(C1=CCCCCCC1)C1CN(C)CCCN1C. The molecule has 0 spiro atoms. The second-order valence-corrected chi connectivity index (χ2v) is 6.66. The van der Waals surface area contributed by atoms with Gasteiger partial charge in [-0.15, -0.1) is 0 Å². The lowest BCUT2D eigenvalue weighted by atomic mass is 9.90. The molecule has 20 heavy (non-hydrogen) atoms. The van der Waals surface area contributed by atoms with Gasteiger partial charge >= 0.3 is 0 Å². The van der Waals surface area contributed by atoms with Crippen LogP contribution in [0.25, 0.3) is 0 Å². The molecule has 0 aromatic carbocycles. The van der Waals surface area contributed by atoms with Crippen molar-refractivity contribution in [3.8, 4) is 0 Å². The molecule has 0 radical (unpaired) electrons. The molecular weight excluding hydrogens is 246 g/mol. The highest BCUT2D eigenvalue weighted by Gasteiger charge is 2.29. The summed E-state index contributed by atoms with van der Waals surface area (Å²) in [6.07, 6.45) is 12.0. The van der Waals surface area contributed by atoms with Crippen molar-refractivity contribution in [2.24, 2.45) is 0 Å². The summed E-state index contributed by atoms with van der Waals surface area (Å²) < 4.78 is 0. The number of hydrogen-bond acceptors (Lipinski definition) is 3. The molecule has 2 rings (SSSR count). The first-order valence-electron chi connectivity index (χ1n) is 8.47. The van der Waals surface area contributed by atoms with E-state index in [0.717, 1.165) is 0 Å². The van der Waals surface area contributed by atoms with Gasteiger partial charge in [0.05, 0.1) is 0 Å². The zero-order chi connectivity index (χ0) is 14.4. The first kappa shape index (κ1) is 16.0. The average Bonchev–Trinajstić information content (AvgIpc) is 2.55. The Balaban J connectivity index is 2.11. The first-order chi connectivity index (χ1) is 9.72. The maximum Gasteiger partial charge on any atom is 0.0447 e. The van der Waals surface area contributed by atoms with Crippen molar-refractivity contribution < 1.29 is 0 Å². The lowest BCUT2D eigenvalue weighted by Crippen LogP contribution is -2.52. The lowest BCUT2D eigenvalue weighted by Gasteiger charge is -2.36. The van der Waals surface area contributed by atoms with Gasteiger partial charge in [0.15, 0.2) is 0 Å². The van der Waals surface area contributed by atoms with Crippen molar-refractivity contribution in [2.45, 2.75) is 57.0 Å². The minimum absolute atomic E-state index is 0.527. The molecule has 0 saturated carbocycles. The molecule has 0 aromatic heterocycles. The van der Waals surface area contributed by atoms with Crippen LogP contribution in [0.3, 0.4) is 0 Å². The number of likely N-dealkylation sites (N-methyl/N-ethyl adjacent to an activating group) is 3. The number of hydrogen-bond donors (Lipinski definition) is 1. The molecule has 1 aliphatic heterocycles. The molecule has 0 aromatic rings. The maximum atomic E-state index is 3.63. The molecular formula is C17H33N3. The Kier molecular flexibility index (Phi) is 6.53. The van der Waals surface area contributed by atoms with Crippen LogP contribution in [-0.4, -0.2) is 62.7 Å². The third-order valence-corrected chi connectivity index (χ3v) is 5.04. The van der Waals surface area contributed by atoms with E-state index in [4.69, 9.17) is 0 Å². The minimum atomic E-state index is 0.527. The van der Waals surface area contributed by atoms with E-state index >= 15 is 0 Å². The molecule has 1 heterocycles. The fourth-order valence-corrected chi connectivity index (χ4v) is 3.79. The predicted molar refractivity (Wildman–Crippen MR) is 87.2 cm³/mol. The maximum absolute atomic E-state index is 3.63. The van der Waals surface area contributed by atoms with Gasteiger partial charge in [-0.1, -0.05) is 24.5 Å². The van der Waals surface area contributed by atoms with Crippen molar-refractivity contribution in [3.05, 3.63) is 11.6 Å². The topological polar surface area (TPSA) is 18.5 Å². The fraction of sp³-hybridized carbons (Fsp3) is 0.882. The molecule has 3 heteroatoms. The molecule has 2 atom stereocenters. The molecule has 0 bridgehead atoms. The van der Waals surface area contributed by atoms with Gasteiger partial charge in [0.1, 0.15) is 0 Å². The van der Waals surface area contributed by atoms with E-state index < -0.39 is 0 Å². The number of nitrogens with zero attached hydrogens (tertiary/aromatic N) is 2. The van der Waals surface area contributed by atoms with Crippen LogP contribution in [0, 0.1) is 0 Å². The minimum Gasteiger partial charge on any atom is -0.312 e. The van der Waals surface area contributed by atoms with E-state index in [1.54, 1.807) is 5.57 Å². The van der Waals surface area contributed by atoms with Crippen LogP contribution in [0.2, 0.25) is 0 Å². The summed E-state index contributed by atoms with van der Waals surface area (Å²) in [4.78, 5) is 5.08. The van der Waals surface area contributed by atoms with Crippen LogP contribution >= 0.6 is 0 Å². The normalized spacial score (nSPS) is 29.1. The van der Waals surface area contributed by atoms with Crippen molar-refractivity contribution in [2.75, 3.05) is 40.8 Å². The number of nitrogens with one attached hydrogen (secondary N) is 1. The third-order valence-electron chi connectivity index (χ3n) is 5.04. The quantitative estimate of drug-likeness (QED) is 0.801. The standard InChI is InChI=1S/C17H33N3/c1-18-17(15-10-7-5-4-6-8-11-15)16-14-19(2)12-9-13-20(16)3/h10,16-18H,4-9,11-14H2,1-3H3. The highest BCUT2D eigenvalue weighted by molar-refractivity contribution is 5.16. The summed E-state index contributed by atoms with van der Waals surface area (Å²) in [7, 11) is 6.71. The first-order valence-corrected chi connectivity index (χ1v) is 8.47. The molecule has 3 nitrogen and oxygen atoms in total. The zero-order valence-electron chi connectivity index (χ0n) is 13.7. The smallest absolute Gasteiger partial charge is 0.0447 e. The van der Waals surface area contributed by atoms with E-state index in [1.165, 1.54) is 64.6 Å². The molecule has 0 amide bonds. The van der Waals surface area contributed by atoms with Crippen molar-refractivity contribution >= 4 is 0 Å². The number of allylic oxidation sites excluding steroid dienone is 1. The molecule has 2 unspecified atom stereocenters. The highest BCUT2D eigenvalue weighted by Crippen LogP contribution is 2.24. The average molecular weight is 279 g/mol. The van der Waals surface area contributed by atoms with Crippen molar-refractivity contribution in [1.82, 2.24) is 15.1 Å². The monoisotopic (exact) mass is 279 g/mol. The predicted octanol–water partition coefficient (Wildman–Crippen LogP) is 2.49. The van der Waals surface area contributed by atoms with Crippen LogP contribution in [0.1, 0.15) is 44.9 Å². The Morgan fingerprint density at radius 1 is 1.10 bits per heavy atom. The summed E-state index contributed by atoms with van der Waals surface area (Å²) in [6.45, 7) is 3.64.